The number of rotatable bonds is 10. The molecule has 1 aromatic heterocycles. The van der Waals surface area contributed by atoms with Crippen molar-refractivity contribution >= 4 is 11.9 Å². The Bertz CT molecular complexity index is 1420. The average molecular weight is 520 g/mol. The molecule has 1 N–H and O–H groups in total. The Morgan fingerprint density at radius 3 is 2.45 bits per heavy atom. The minimum Gasteiger partial charge on any atom is -0.489 e. The maximum absolute atomic E-state index is 14.1. The van der Waals surface area contributed by atoms with Crippen molar-refractivity contribution in [2.45, 2.75) is 27.0 Å². The molecule has 0 fully saturated rings. The van der Waals surface area contributed by atoms with Gasteiger partial charge in [-0.1, -0.05) is 36.4 Å². The van der Waals surface area contributed by atoms with Crippen molar-refractivity contribution in [2.75, 3.05) is 13.2 Å². The van der Waals surface area contributed by atoms with Gasteiger partial charge in [0.15, 0.2) is 5.82 Å². The highest BCUT2D eigenvalue weighted by atomic mass is 19.1. The quantitative estimate of drug-likeness (QED) is 0.282. The number of H-pyrrole nitrogens is 1. The van der Waals surface area contributed by atoms with Crippen molar-refractivity contribution in [3.05, 3.63) is 107 Å². The van der Waals surface area contributed by atoms with Gasteiger partial charge in [0.1, 0.15) is 30.5 Å². The van der Waals surface area contributed by atoms with E-state index in [4.69, 9.17) is 9.47 Å². The van der Waals surface area contributed by atoms with Crippen LogP contribution in [0.15, 0.2) is 72.9 Å². The Labute approximate surface area is 219 Å². The van der Waals surface area contributed by atoms with Gasteiger partial charge in [0.25, 0.3) is 5.91 Å². The highest BCUT2D eigenvalue weighted by molar-refractivity contribution is 5.92. The molecule has 0 aliphatic rings. The number of benzene rings is 3. The van der Waals surface area contributed by atoms with Gasteiger partial charge in [-0.3, -0.25) is 9.59 Å². The molecule has 0 spiro atoms. The summed E-state index contributed by atoms with van der Waals surface area (Å²) in [6.07, 6.45) is 1.55. The molecule has 1 amide bonds. The van der Waals surface area contributed by atoms with Gasteiger partial charge < -0.3 is 19.4 Å². The fraction of sp³-hybridized carbons (Fsp3) is 0.207. The third kappa shape index (κ3) is 6.82. The number of nitrogens with zero attached hydrogens (tertiary/aromatic N) is 2. The van der Waals surface area contributed by atoms with Crippen molar-refractivity contribution < 1.29 is 27.8 Å². The fourth-order valence-electron chi connectivity index (χ4n) is 3.89. The summed E-state index contributed by atoms with van der Waals surface area (Å²) >= 11 is 0. The van der Waals surface area contributed by atoms with Crippen molar-refractivity contribution in [3.8, 4) is 16.9 Å². The van der Waals surface area contributed by atoms with Crippen LogP contribution in [0.3, 0.4) is 0 Å². The van der Waals surface area contributed by atoms with Crippen molar-refractivity contribution in [1.82, 2.24) is 14.9 Å². The lowest BCUT2D eigenvalue weighted by Crippen LogP contribution is -2.36. The van der Waals surface area contributed by atoms with Crippen molar-refractivity contribution in [3.63, 3.8) is 0 Å². The predicted octanol–water partition coefficient (Wildman–Crippen LogP) is 5.45. The zero-order valence-corrected chi connectivity index (χ0v) is 21.0. The molecule has 3 aromatic carbocycles. The Morgan fingerprint density at radius 2 is 1.76 bits per heavy atom. The van der Waals surface area contributed by atoms with Crippen LogP contribution in [-0.2, 0) is 22.7 Å². The number of hydrogen-bond acceptors (Lipinski definition) is 5. The summed E-state index contributed by atoms with van der Waals surface area (Å²) in [5.74, 6) is -1.45. The summed E-state index contributed by atoms with van der Waals surface area (Å²) in [5, 5.41) is 0. The van der Waals surface area contributed by atoms with Gasteiger partial charge in [-0.05, 0) is 54.8 Å². The number of imidazole rings is 1. The second-order valence-corrected chi connectivity index (χ2v) is 8.64. The van der Waals surface area contributed by atoms with Gasteiger partial charge in [0, 0.05) is 30.1 Å². The van der Waals surface area contributed by atoms with Gasteiger partial charge in [-0.15, -0.1) is 0 Å². The molecule has 4 rings (SSSR count). The number of aryl methyl sites for hydroxylation is 1. The molecule has 1 heterocycles. The first-order valence-electron chi connectivity index (χ1n) is 12.0. The molecular formula is C29H27F2N3O4. The van der Waals surface area contributed by atoms with E-state index < -0.39 is 23.5 Å². The van der Waals surface area contributed by atoms with Gasteiger partial charge in [0.05, 0.1) is 6.61 Å². The summed E-state index contributed by atoms with van der Waals surface area (Å²) in [6, 6.07) is 17.8. The molecule has 0 saturated heterocycles. The Morgan fingerprint density at radius 1 is 1.00 bits per heavy atom. The zero-order chi connectivity index (χ0) is 27.1. The van der Waals surface area contributed by atoms with Gasteiger partial charge in [-0.2, -0.15) is 0 Å². The number of aromatic nitrogens is 2. The molecule has 0 unspecified atom stereocenters. The Hall–Kier alpha value is -4.53. The summed E-state index contributed by atoms with van der Waals surface area (Å²) in [7, 11) is 0. The highest BCUT2D eigenvalue weighted by Crippen LogP contribution is 2.26. The third-order valence-corrected chi connectivity index (χ3v) is 5.68. The number of ether oxygens (including phenoxy) is 2. The zero-order valence-electron chi connectivity index (χ0n) is 21.0. The molecule has 0 saturated carbocycles. The minimum atomic E-state index is -0.631. The van der Waals surface area contributed by atoms with Crippen molar-refractivity contribution in [2.24, 2.45) is 0 Å². The number of esters is 1. The summed E-state index contributed by atoms with van der Waals surface area (Å²) in [4.78, 5) is 33.6. The highest BCUT2D eigenvalue weighted by Gasteiger charge is 2.22. The van der Waals surface area contributed by atoms with Crippen LogP contribution in [0, 0.1) is 18.6 Å². The smallest absolute Gasteiger partial charge is 0.325 e. The van der Waals surface area contributed by atoms with E-state index in [0.717, 1.165) is 22.9 Å². The van der Waals surface area contributed by atoms with Crippen molar-refractivity contribution in [1.29, 1.82) is 0 Å². The number of nitrogens with one attached hydrogen (secondary N) is 1. The molecule has 0 radical (unpaired) electrons. The van der Waals surface area contributed by atoms with E-state index in [1.54, 1.807) is 44.3 Å². The maximum Gasteiger partial charge on any atom is 0.325 e. The lowest BCUT2D eigenvalue weighted by molar-refractivity contribution is -0.143. The molecule has 38 heavy (non-hydrogen) atoms. The molecule has 4 aromatic rings. The number of carbonyl (C=O) groups is 2. The van der Waals surface area contributed by atoms with E-state index in [2.05, 4.69) is 9.97 Å². The number of amides is 1. The molecule has 196 valence electrons. The lowest BCUT2D eigenvalue weighted by Gasteiger charge is -2.21. The topological polar surface area (TPSA) is 84.5 Å². The summed E-state index contributed by atoms with van der Waals surface area (Å²) in [5.41, 5.74) is 3.30. The van der Waals surface area contributed by atoms with Gasteiger partial charge in [0.2, 0.25) is 0 Å². The molecule has 9 heteroatoms. The van der Waals surface area contributed by atoms with E-state index >= 15 is 0 Å². The van der Waals surface area contributed by atoms with Crippen LogP contribution >= 0.6 is 0 Å². The van der Waals surface area contributed by atoms with Crippen LogP contribution < -0.4 is 4.74 Å². The monoisotopic (exact) mass is 519 g/mol. The molecular weight excluding hydrogens is 492 g/mol. The summed E-state index contributed by atoms with van der Waals surface area (Å²) in [6.45, 7) is 3.92. The van der Waals surface area contributed by atoms with Crippen LogP contribution in [0.4, 0.5) is 8.78 Å². The predicted molar refractivity (Wildman–Crippen MR) is 137 cm³/mol. The summed E-state index contributed by atoms with van der Waals surface area (Å²) < 4.78 is 38.2. The average Bonchev–Trinajstić information content (AvgIpc) is 3.34. The Balaban J connectivity index is 1.43. The van der Waals surface area contributed by atoms with E-state index in [1.807, 2.05) is 24.3 Å². The molecule has 0 bridgehead atoms. The van der Waals surface area contributed by atoms with Crippen LogP contribution in [0.2, 0.25) is 0 Å². The largest absolute Gasteiger partial charge is 0.489 e. The van der Waals surface area contributed by atoms with Crippen LogP contribution in [0.5, 0.6) is 5.75 Å². The second-order valence-electron chi connectivity index (χ2n) is 8.64. The first-order valence-corrected chi connectivity index (χ1v) is 12.0. The van der Waals surface area contributed by atoms with Crippen LogP contribution in [0.1, 0.15) is 34.4 Å². The standard InChI is InChI=1S/C29H27F2N3O4/c1-3-37-27(35)17-34(29(36)28-32-15-19(2)33-28)16-20-5-4-6-21(13-20)18-38-24-10-7-22(8-11-24)25-12-9-23(30)14-26(25)31/h4-15H,3,16-18H2,1-2H3,(H,32,33). The molecule has 0 atom stereocenters. The molecule has 7 nitrogen and oxygen atoms in total. The van der Waals surface area contributed by atoms with Crippen LogP contribution in [0.25, 0.3) is 11.1 Å². The lowest BCUT2D eigenvalue weighted by atomic mass is 10.1. The number of hydrogen-bond donors (Lipinski definition) is 1. The first-order chi connectivity index (χ1) is 18.3. The minimum absolute atomic E-state index is 0.148. The van der Waals surface area contributed by atoms with Crippen LogP contribution in [-0.4, -0.2) is 39.9 Å². The fourth-order valence-corrected chi connectivity index (χ4v) is 3.89. The third-order valence-electron chi connectivity index (χ3n) is 5.68. The van der Waals surface area contributed by atoms with Gasteiger partial charge >= 0.3 is 5.97 Å². The molecule has 0 aliphatic carbocycles. The molecule has 0 aliphatic heterocycles. The number of aromatic amines is 1. The van der Waals surface area contributed by atoms with E-state index in [0.29, 0.717) is 16.9 Å². The van der Waals surface area contributed by atoms with E-state index in [-0.39, 0.29) is 32.1 Å². The normalized spacial score (nSPS) is 10.7. The van der Waals surface area contributed by atoms with Gasteiger partial charge in [-0.25, -0.2) is 13.8 Å². The first kappa shape index (κ1) is 26.5. The SMILES string of the molecule is CCOC(=O)CN(Cc1cccc(COc2ccc(-c3ccc(F)cc3F)cc2)c1)C(=O)c1ncc(C)[nH]1. The Kier molecular flexibility index (Phi) is 8.47. The van der Waals surface area contributed by atoms with E-state index in [9.17, 15) is 18.4 Å². The van der Waals surface area contributed by atoms with E-state index in [1.165, 1.54) is 17.0 Å². The maximum atomic E-state index is 14.1. The second kappa shape index (κ2) is 12.1. The number of carbonyl (C=O) groups excluding carboxylic acids is 2. The number of halogens is 2.